The van der Waals surface area contributed by atoms with Gasteiger partial charge in [0.05, 0.1) is 11.0 Å². The predicted octanol–water partition coefficient (Wildman–Crippen LogP) is 2.26. The SMILES string of the molecule is CC(N)(N)Oc1c(C(C)(O)C(=O)OCl)ccc2nc3ccccc3cc12. The Labute approximate surface area is 154 Å². The van der Waals surface area contributed by atoms with Gasteiger partial charge in [-0.1, -0.05) is 18.2 Å². The van der Waals surface area contributed by atoms with E-state index in [-0.39, 0.29) is 11.3 Å². The number of carbonyl (C=O) groups is 1. The van der Waals surface area contributed by atoms with Gasteiger partial charge in [-0.2, -0.15) is 0 Å². The highest BCUT2D eigenvalue weighted by Gasteiger charge is 2.39. The smallest absolute Gasteiger partial charge is 0.360 e. The molecule has 0 saturated carbocycles. The van der Waals surface area contributed by atoms with Crippen LogP contribution in [0.4, 0.5) is 0 Å². The highest BCUT2D eigenvalue weighted by Crippen LogP contribution is 2.38. The Balaban J connectivity index is 2.36. The number of pyridine rings is 1. The lowest BCUT2D eigenvalue weighted by molar-refractivity contribution is -0.154. The minimum atomic E-state index is -2.08. The molecule has 0 aliphatic heterocycles. The third-order valence-corrected chi connectivity index (χ3v) is 4.10. The number of benzene rings is 2. The molecular formula is C18H18ClN3O4. The highest BCUT2D eigenvalue weighted by molar-refractivity contribution is 6.14. The fourth-order valence-corrected chi connectivity index (χ4v) is 2.87. The van der Waals surface area contributed by atoms with Crippen LogP contribution in [0.25, 0.3) is 21.8 Å². The molecule has 3 rings (SSSR count). The third kappa shape index (κ3) is 3.30. The number of ether oxygens (including phenoxy) is 1. The van der Waals surface area contributed by atoms with Gasteiger partial charge in [0.25, 0.3) is 0 Å². The lowest BCUT2D eigenvalue weighted by Crippen LogP contribution is -2.52. The Morgan fingerprint density at radius 2 is 1.85 bits per heavy atom. The molecule has 0 aliphatic carbocycles. The summed E-state index contributed by atoms with van der Waals surface area (Å²) < 4.78 is 9.87. The van der Waals surface area contributed by atoms with E-state index in [1.807, 2.05) is 30.3 Å². The summed E-state index contributed by atoms with van der Waals surface area (Å²) in [7, 11) is 0. The van der Waals surface area contributed by atoms with Gasteiger partial charge in [0.2, 0.25) is 5.85 Å². The van der Waals surface area contributed by atoms with Crippen molar-refractivity contribution < 1.29 is 18.9 Å². The van der Waals surface area contributed by atoms with E-state index in [1.54, 1.807) is 6.07 Å². The number of rotatable bonds is 4. The number of aliphatic hydroxyl groups is 1. The normalized spacial score (nSPS) is 14.2. The quantitative estimate of drug-likeness (QED) is 0.472. The van der Waals surface area contributed by atoms with E-state index in [0.717, 1.165) is 10.9 Å². The lowest BCUT2D eigenvalue weighted by atomic mass is 9.93. The van der Waals surface area contributed by atoms with E-state index in [9.17, 15) is 9.90 Å². The number of carbonyl (C=O) groups excluding carboxylic acids is 1. The van der Waals surface area contributed by atoms with Gasteiger partial charge in [0, 0.05) is 23.3 Å². The van der Waals surface area contributed by atoms with Crippen molar-refractivity contribution in [3.63, 3.8) is 0 Å². The van der Waals surface area contributed by atoms with E-state index < -0.39 is 17.4 Å². The van der Waals surface area contributed by atoms with Crippen molar-refractivity contribution in [3.8, 4) is 5.75 Å². The molecule has 1 atom stereocenters. The van der Waals surface area contributed by atoms with Crippen molar-refractivity contribution in [1.82, 2.24) is 4.98 Å². The van der Waals surface area contributed by atoms with Crippen LogP contribution in [-0.2, 0) is 14.7 Å². The second-order valence-electron chi connectivity index (χ2n) is 6.41. The Morgan fingerprint density at radius 3 is 2.50 bits per heavy atom. The Kier molecular flexibility index (Phi) is 4.49. The van der Waals surface area contributed by atoms with Gasteiger partial charge in [-0.15, -0.1) is 0 Å². The first-order valence-electron chi connectivity index (χ1n) is 7.78. The Morgan fingerprint density at radius 1 is 1.15 bits per heavy atom. The second-order valence-corrected chi connectivity index (χ2v) is 6.57. The number of aromatic nitrogens is 1. The van der Waals surface area contributed by atoms with Crippen LogP contribution in [0.2, 0.25) is 0 Å². The van der Waals surface area contributed by atoms with Crippen LogP contribution in [0.3, 0.4) is 0 Å². The highest BCUT2D eigenvalue weighted by atomic mass is 35.5. The second kappa shape index (κ2) is 6.37. The molecule has 0 spiro atoms. The van der Waals surface area contributed by atoms with Gasteiger partial charge < -0.3 is 14.1 Å². The molecule has 0 radical (unpaired) electrons. The predicted molar refractivity (Wildman–Crippen MR) is 98.2 cm³/mol. The fourth-order valence-electron chi connectivity index (χ4n) is 2.72. The van der Waals surface area contributed by atoms with Gasteiger partial charge in [-0.25, -0.2) is 9.78 Å². The Hall–Kier alpha value is -2.45. The minimum Gasteiger partial charge on any atom is -0.459 e. The molecule has 1 unspecified atom stereocenters. The number of nitrogens with zero attached hydrogens (tertiary/aromatic N) is 1. The zero-order valence-corrected chi connectivity index (χ0v) is 14.9. The summed E-state index contributed by atoms with van der Waals surface area (Å²) in [5.41, 5.74) is 11.0. The summed E-state index contributed by atoms with van der Waals surface area (Å²) in [6.07, 6.45) is 0. The van der Waals surface area contributed by atoms with Gasteiger partial charge in [0.1, 0.15) is 17.6 Å². The molecule has 7 nitrogen and oxygen atoms in total. The van der Waals surface area contributed by atoms with Crippen LogP contribution < -0.4 is 16.2 Å². The number of fused-ring (bicyclic) bond motifs is 2. The first-order chi connectivity index (χ1) is 12.1. The number of para-hydroxylation sites is 1. The maximum Gasteiger partial charge on any atom is 0.360 e. The molecule has 136 valence electrons. The molecule has 2 aromatic carbocycles. The summed E-state index contributed by atoms with van der Waals surface area (Å²) in [6.45, 7) is 2.68. The summed E-state index contributed by atoms with van der Waals surface area (Å²) in [4.78, 5) is 16.5. The van der Waals surface area contributed by atoms with E-state index >= 15 is 0 Å². The van der Waals surface area contributed by atoms with Crippen molar-refractivity contribution in [1.29, 1.82) is 0 Å². The standard InChI is InChI=1S/C18H18ClN3O4/c1-17(24,16(23)26-19)12-7-8-14-11(15(12)25-18(2,20)21)9-10-5-3-4-6-13(10)22-14/h3-9,24H,20-21H2,1-2H3. The summed E-state index contributed by atoms with van der Waals surface area (Å²) >= 11 is 5.16. The number of nitrogens with two attached hydrogens (primary N) is 2. The van der Waals surface area contributed by atoms with Gasteiger partial charge in [0.15, 0.2) is 5.60 Å². The molecular weight excluding hydrogens is 358 g/mol. The van der Waals surface area contributed by atoms with Crippen LogP contribution in [0, 0.1) is 0 Å². The molecule has 0 fully saturated rings. The number of halogens is 1. The molecule has 0 aliphatic rings. The molecule has 5 N–H and O–H groups in total. The lowest BCUT2D eigenvalue weighted by Gasteiger charge is -2.28. The van der Waals surface area contributed by atoms with Crippen LogP contribution in [0.15, 0.2) is 42.5 Å². The fraction of sp³-hybridized carbons (Fsp3) is 0.222. The van der Waals surface area contributed by atoms with E-state index in [0.29, 0.717) is 10.9 Å². The zero-order chi connectivity index (χ0) is 19.1. The monoisotopic (exact) mass is 375 g/mol. The average Bonchev–Trinajstić information content (AvgIpc) is 2.58. The molecule has 1 aromatic heterocycles. The maximum atomic E-state index is 12.0. The minimum absolute atomic E-state index is 0.106. The molecule has 0 bridgehead atoms. The van der Waals surface area contributed by atoms with Crippen molar-refractivity contribution in [2.75, 3.05) is 0 Å². The summed E-state index contributed by atoms with van der Waals surface area (Å²) in [6, 6.07) is 12.5. The molecule has 0 amide bonds. The first kappa shape index (κ1) is 18.3. The Bertz CT molecular complexity index is 999. The van der Waals surface area contributed by atoms with E-state index in [4.69, 9.17) is 28.1 Å². The topological polar surface area (TPSA) is 121 Å². The van der Waals surface area contributed by atoms with Gasteiger partial charge in [-0.3, -0.25) is 11.5 Å². The third-order valence-electron chi connectivity index (χ3n) is 3.96. The van der Waals surface area contributed by atoms with Crippen LogP contribution >= 0.6 is 11.9 Å². The molecule has 1 heterocycles. The number of hydrogen-bond donors (Lipinski definition) is 3. The van der Waals surface area contributed by atoms with Crippen molar-refractivity contribution in [3.05, 3.63) is 48.0 Å². The van der Waals surface area contributed by atoms with Crippen molar-refractivity contribution in [2.45, 2.75) is 25.3 Å². The largest absolute Gasteiger partial charge is 0.459 e. The van der Waals surface area contributed by atoms with Gasteiger partial charge in [-0.05, 0) is 31.2 Å². The van der Waals surface area contributed by atoms with Gasteiger partial charge >= 0.3 is 5.97 Å². The molecule has 8 heteroatoms. The molecule has 26 heavy (non-hydrogen) atoms. The zero-order valence-electron chi connectivity index (χ0n) is 14.2. The van der Waals surface area contributed by atoms with Crippen molar-refractivity contribution >= 4 is 39.6 Å². The van der Waals surface area contributed by atoms with Crippen molar-refractivity contribution in [2.24, 2.45) is 11.5 Å². The number of hydrogen-bond acceptors (Lipinski definition) is 7. The van der Waals surface area contributed by atoms with Crippen LogP contribution in [0.5, 0.6) is 5.75 Å². The van der Waals surface area contributed by atoms with E-state index in [1.165, 1.54) is 19.9 Å². The first-order valence-corrected chi connectivity index (χ1v) is 8.09. The van der Waals surface area contributed by atoms with E-state index in [2.05, 4.69) is 9.27 Å². The summed E-state index contributed by atoms with van der Waals surface area (Å²) in [5.74, 6) is -2.50. The van der Waals surface area contributed by atoms with Crippen LogP contribution in [-0.4, -0.2) is 21.9 Å². The molecule has 3 aromatic rings. The summed E-state index contributed by atoms with van der Waals surface area (Å²) in [5, 5.41) is 12.0. The average molecular weight is 376 g/mol. The molecule has 0 saturated heterocycles. The van der Waals surface area contributed by atoms with Crippen LogP contribution in [0.1, 0.15) is 19.4 Å². The maximum absolute atomic E-state index is 12.0.